The molecule has 1 aliphatic heterocycles. The molecule has 2 N–H and O–H groups in total. The van der Waals surface area contributed by atoms with Gasteiger partial charge in [0.05, 0.1) is 0 Å². The highest BCUT2D eigenvalue weighted by molar-refractivity contribution is 4.83. The van der Waals surface area contributed by atoms with Crippen LogP contribution in [-0.2, 0) is 0 Å². The molecule has 1 heterocycles. The molecule has 0 aromatic heterocycles. The van der Waals surface area contributed by atoms with E-state index in [0.29, 0.717) is 6.04 Å². The van der Waals surface area contributed by atoms with Crippen molar-refractivity contribution >= 4 is 0 Å². The van der Waals surface area contributed by atoms with Gasteiger partial charge in [0.2, 0.25) is 0 Å². The molecule has 2 fully saturated rings. The number of hydrogen-bond acceptors (Lipinski definition) is 2. The SMILES string of the molecule is CCC1CCCN1CCC1CCCC1N. The van der Waals surface area contributed by atoms with Gasteiger partial charge < -0.3 is 10.6 Å². The molecule has 3 atom stereocenters. The van der Waals surface area contributed by atoms with Gasteiger partial charge in [0.15, 0.2) is 0 Å². The Balaban J connectivity index is 1.72. The highest BCUT2D eigenvalue weighted by Crippen LogP contribution is 2.28. The first-order valence-corrected chi connectivity index (χ1v) is 6.81. The summed E-state index contributed by atoms with van der Waals surface area (Å²) in [5.41, 5.74) is 6.11. The standard InChI is InChI=1S/C13H26N2/c1-2-12-6-4-9-15(12)10-8-11-5-3-7-13(11)14/h11-13H,2-10,14H2,1H3. The molecule has 0 bridgehead atoms. The van der Waals surface area contributed by atoms with Crippen LogP contribution in [0.25, 0.3) is 0 Å². The molecule has 3 unspecified atom stereocenters. The maximum absolute atomic E-state index is 6.11. The van der Waals surface area contributed by atoms with Crippen molar-refractivity contribution in [3.8, 4) is 0 Å². The Bertz CT molecular complexity index is 193. The number of rotatable bonds is 4. The van der Waals surface area contributed by atoms with Gasteiger partial charge in [-0.2, -0.15) is 0 Å². The van der Waals surface area contributed by atoms with Gasteiger partial charge in [0, 0.05) is 12.1 Å². The Labute approximate surface area is 94.2 Å². The summed E-state index contributed by atoms with van der Waals surface area (Å²) in [6, 6.07) is 1.38. The van der Waals surface area contributed by atoms with Gasteiger partial charge in [-0.15, -0.1) is 0 Å². The third-order valence-electron chi connectivity index (χ3n) is 4.48. The normalized spacial score (nSPS) is 37.6. The second kappa shape index (κ2) is 5.31. The molecular formula is C13H26N2. The second-order valence-corrected chi connectivity index (χ2v) is 5.38. The fourth-order valence-electron chi connectivity index (χ4n) is 3.41. The van der Waals surface area contributed by atoms with E-state index in [0.717, 1.165) is 12.0 Å². The van der Waals surface area contributed by atoms with Crippen molar-refractivity contribution in [2.24, 2.45) is 11.7 Å². The van der Waals surface area contributed by atoms with Crippen molar-refractivity contribution in [2.75, 3.05) is 13.1 Å². The van der Waals surface area contributed by atoms with Gasteiger partial charge >= 0.3 is 0 Å². The summed E-state index contributed by atoms with van der Waals surface area (Å²) in [6.07, 6.45) is 9.52. The zero-order valence-corrected chi connectivity index (χ0v) is 10.1. The van der Waals surface area contributed by atoms with E-state index in [2.05, 4.69) is 11.8 Å². The van der Waals surface area contributed by atoms with Crippen LogP contribution in [-0.4, -0.2) is 30.1 Å². The highest BCUT2D eigenvalue weighted by atomic mass is 15.2. The summed E-state index contributed by atoms with van der Waals surface area (Å²) in [5.74, 6) is 0.822. The van der Waals surface area contributed by atoms with Crippen LogP contribution in [0.2, 0.25) is 0 Å². The number of hydrogen-bond donors (Lipinski definition) is 1. The van der Waals surface area contributed by atoms with Crippen molar-refractivity contribution in [3.63, 3.8) is 0 Å². The van der Waals surface area contributed by atoms with Crippen LogP contribution in [0.1, 0.15) is 51.9 Å². The average molecular weight is 210 g/mol. The lowest BCUT2D eigenvalue weighted by Crippen LogP contribution is -2.33. The molecule has 0 aromatic carbocycles. The molecule has 0 radical (unpaired) electrons. The minimum Gasteiger partial charge on any atom is -0.327 e. The second-order valence-electron chi connectivity index (χ2n) is 5.38. The topological polar surface area (TPSA) is 29.3 Å². The maximum atomic E-state index is 6.11. The molecule has 1 saturated heterocycles. The lowest BCUT2D eigenvalue weighted by Gasteiger charge is -2.25. The van der Waals surface area contributed by atoms with Crippen LogP contribution >= 0.6 is 0 Å². The zero-order chi connectivity index (χ0) is 10.7. The highest BCUT2D eigenvalue weighted by Gasteiger charge is 2.27. The lowest BCUT2D eigenvalue weighted by atomic mass is 10.00. The van der Waals surface area contributed by atoms with E-state index >= 15 is 0 Å². The Morgan fingerprint density at radius 2 is 2.07 bits per heavy atom. The Morgan fingerprint density at radius 3 is 2.73 bits per heavy atom. The van der Waals surface area contributed by atoms with Crippen LogP contribution < -0.4 is 5.73 Å². The molecule has 2 aliphatic rings. The van der Waals surface area contributed by atoms with E-state index in [1.807, 2.05) is 0 Å². The molecule has 88 valence electrons. The molecule has 2 rings (SSSR count). The minimum absolute atomic E-state index is 0.507. The van der Waals surface area contributed by atoms with Crippen molar-refractivity contribution in [1.82, 2.24) is 4.90 Å². The van der Waals surface area contributed by atoms with Gasteiger partial charge in [0.25, 0.3) is 0 Å². The van der Waals surface area contributed by atoms with E-state index < -0.39 is 0 Å². The van der Waals surface area contributed by atoms with Gasteiger partial charge in [-0.1, -0.05) is 13.3 Å². The van der Waals surface area contributed by atoms with Gasteiger partial charge in [-0.3, -0.25) is 0 Å². The quantitative estimate of drug-likeness (QED) is 0.772. The fourth-order valence-corrected chi connectivity index (χ4v) is 3.41. The predicted octanol–water partition coefficient (Wildman–Crippen LogP) is 2.38. The number of nitrogens with zero attached hydrogens (tertiary/aromatic N) is 1. The maximum Gasteiger partial charge on any atom is 0.00931 e. The van der Waals surface area contributed by atoms with Crippen LogP contribution in [0.3, 0.4) is 0 Å². The Morgan fingerprint density at radius 1 is 1.20 bits per heavy atom. The molecule has 1 aliphatic carbocycles. The van der Waals surface area contributed by atoms with E-state index in [9.17, 15) is 0 Å². The van der Waals surface area contributed by atoms with E-state index in [1.165, 1.54) is 58.0 Å². The molecule has 0 spiro atoms. The fraction of sp³-hybridized carbons (Fsp3) is 1.00. The summed E-state index contributed by atoms with van der Waals surface area (Å²) in [5, 5.41) is 0. The molecule has 2 nitrogen and oxygen atoms in total. The van der Waals surface area contributed by atoms with Gasteiger partial charge in [-0.25, -0.2) is 0 Å². The summed E-state index contributed by atoms with van der Waals surface area (Å²) >= 11 is 0. The lowest BCUT2D eigenvalue weighted by molar-refractivity contribution is 0.226. The average Bonchev–Trinajstić information content (AvgIpc) is 2.83. The summed E-state index contributed by atoms with van der Waals surface area (Å²) in [4.78, 5) is 2.70. The van der Waals surface area contributed by atoms with Crippen molar-refractivity contribution in [1.29, 1.82) is 0 Å². The third-order valence-corrected chi connectivity index (χ3v) is 4.48. The summed E-state index contributed by atoms with van der Waals surface area (Å²) < 4.78 is 0. The first-order valence-electron chi connectivity index (χ1n) is 6.81. The largest absolute Gasteiger partial charge is 0.327 e. The molecule has 2 heteroatoms. The Kier molecular flexibility index (Phi) is 4.04. The molecule has 1 saturated carbocycles. The third kappa shape index (κ3) is 2.73. The van der Waals surface area contributed by atoms with Crippen LogP contribution in [0.4, 0.5) is 0 Å². The van der Waals surface area contributed by atoms with Crippen LogP contribution in [0, 0.1) is 5.92 Å². The number of likely N-dealkylation sites (tertiary alicyclic amines) is 1. The van der Waals surface area contributed by atoms with Crippen molar-refractivity contribution in [2.45, 2.75) is 64.0 Å². The number of nitrogens with two attached hydrogens (primary N) is 1. The van der Waals surface area contributed by atoms with Crippen LogP contribution in [0.5, 0.6) is 0 Å². The van der Waals surface area contributed by atoms with E-state index in [4.69, 9.17) is 5.73 Å². The molecule has 15 heavy (non-hydrogen) atoms. The van der Waals surface area contributed by atoms with E-state index in [1.54, 1.807) is 0 Å². The van der Waals surface area contributed by atoms with Gasteiger partial charge in [0.1, 0.15) is 0 Å². The summed E-state index contributed by atoms with van der Waals surface area (Å²) in [6.45, 7) is 4.96. The monoisotopic (exact) mass is 210 g/mol. The zero-order valence-electron chi connectivity index (χ0n) is 10.1. The summed E-state index contributed by atoms with van der Waals surface area (Å²) in [7, 11) is 0. The van der Waals surface area contributed by atoms with Crippen molar-refractivity contribution in [3.05, 3.63) is 0 Å². The van der Waals surface area contributed by atoms with Crippen LogP contribution in [0.15, 0.2) is 0 Å². The Hall–Kier alpha value is -0.0800. The predicted molar refractivity (Wildman–Crippen MR) is 64.8 cm³/mol. The molecule has 0 aromatic rings. The smallest absolute Gasteiger partial charge is 0.00931 e. The van der Waals surface area contributed by atoms with Crippen molar-refractivity contribution < 1.29 is 0 Å². The first-order chi connectivity index (χ1) is 7.31. The van der Waals surface area contributed by atoms with Gasteiger partial charge in [-0.05, 0) is 57.5 Å². The molecule has 0 amide bonds. The van der Waals surface area contributed by atoms with E-state index in [-0.39, 0.29) is 0 Å². The minimum atomic E-state index is 0.507. The molecular weight excluding hydrogens is 184 g/mol. The first kappa shape index (κ1) is 11.4.